The molecular formula is C15H19F3N2S. The Balaban J connectivity index is 2.38. The van der Waals surface area contributed by atoms with Crippen molar-refractivity contribution in [3.05, 3.63) is 29.3 Å². The van der Waals surface area contributed by atoms with Gasteiger partial charge in [0, 0.05) is 24.3 Å². The van der Waals surface area contributed by atoms with E-state index in [1.807, 2.05) is 0 Å². The zero-order chi connectivity index (χ0) is 15.8. The predicted molar refractivity (Wildman–Crippen MR) is 82.5 cm³/mol. The lowest BCUT2D eigenvalue weighted by Gasteiger charge is -2.37. The first kappa shape index (κ1) is 16.1. The van der Waals surface area contributed by atoms with Crippen LogP contribution in [0.5, 0.6) is 0 Å². The van der Waals surface area contributed by atoms with Gasteiger partial charge in [0.25, 0.3) is 0 Å². The number of nitrogens with two attached hydrogens (primary N) is 1. The molecule has 1 aliphatic heterocycles. The molecule has 116 valence electrons. The lowest BCUT2D eigenvalue weighted by Crippen LogP contribution is -2.38. The van der Waals surface area contributed by atoms with E-state index in [0.29, 0.717) is 11.8 Å². The number of halogens is 3. The zero-order valence-electron chi connectivity index (χ0n) is 12.1. The lowest BCUT2D eigenvalue weighted by atomic mass is 9.91. The number of benzene rings is 1. The quantitative estimate of drug-likeness (QED) is 0.841. The second kappa shape index (κ2) is 5.83. The maximum atomic E-state index is 13.0. The van der Waals surface area contributed by atoms with E-state index in [1.54, 1.807) is 0 Å². The van der Waals surface area contributed by atoms with Crippen LogP contribution in [-0.2, 0) is 6.18 Å². The molecule has 2 unspecified atom stereocenters. The SMILES string of the molecule is CC1CC(C)CN(c2ccc(C(F)(F)F)c(C(N)=S)c2)C1. The Kier molecular flexibility index (Phi) is 4.46. The second-order valence-corrected chi connectivity index (χ2v) is 6.38. The van der Waals surface area contributed by atoms with Gasteiger partial charge in [0.2, 0.25) is 0 Å². The molecule has 0 radical (unpaired) electrons. The molecule has 1 aliphatic rings. The van der Waals surface area contributed by atoms with Crippen LogP contribution in [0, 0.1) is 11.8 Å². The molecule has 1 aromatic rings. The van der Waals surface area contributed by atoms with Crippen LogP contribution >= 0.6 is 12.2 Å². The van der Waals surface area contributed by atoms with Gasteiger partial charge in [0.15, 0.2) is 0 Å². The van der Waals surface area contributed by atoms with E-state index in [-0.39, 0.29) is 10.6 Å². The number of nitrogens with zero attached hydrogens (tertiary/aromatic N) is 1. The molecule has 1 fully saturated rings. The molecule has 0 saturated carbocycles. The first-order chi connectivity index (χ1) is 9.68. The number of anilines is 1. The van der Waals surface area contributed by atoms with Gasteiger partial charge < -0.3 is 10.6 Å². The van der Waals surface area contributed by atoms with Crippen molar-refractivity contribution in [1.82, 2.24) is 0 Å². The third kappa shape index (κ3) is 3.67. The number of hydrogen-bond acceptors (Lipinski definition) is 2. The molecule has 0 bridgehead atoms. The summed E-state index contributed by atoms with van der Waals surface area (Å²) < 4.78 is 38.9. The Morgan fingerprint density at radius 2 is 1.81 bits per heavy atom. The smallest absolute Gasteiger partial charge is 0.389 e. The van der Waals surface area contributed by atoms with Gasteiger partial charge in [-0.2, -0.15) is 13.2 Å². The number of piperidine rings is 1. The van der Waals surface area contributed by atoms with Crippen molar-refractivity contribution in [3.8, 4) is 0 Å². The van der Waals surface area contributed by atoms with Crippen molar-refractivity contribution in [2.45, 2.75) is 26.4 Å². The van der Waals surface area contributed by atoms with Crippen molar-refractivity contribution in [2.24, 2.45) is 17.6 Å². The highest BCUT2D eigenvalue weighted by Gasteiger charge is 2.34. The van der Waals surface area contributed by atoms with E-state index in [4.69, 9.17) is 18.0 Å². The summed E-state index contributed by atoms with van der Waals surface area (Å²) in [6.45, 7) is 5.99. The summed E-state index contributed by atoms with van der Waals surface area (Å²) >= 11 is 4.79. The van der Waals surface area contributed by atoms with Gasteiger partial charge in [-0.25, -0.2) is 0 Å². The summed E-state index contributed by atoms with van der Waals surface area (Å²) in [4.78, 5) is 1.89. The largest absolute Gasteiger partial charge is 0.417 e. The molecule has 21 heavy (non-hydrogen) atoms. The summed E-state index contributed by atoms with van der Waals surface area (Å²) in [5.41, 5.74) is 5.37. The minimum absolute atomic E-state index is 0.0964. The van der Waals surface area contributed by atoms with Crippen molar-refractivity contribution < 1.29 is 13.2 Å². The Morgan fingerprint density at radius 1 is 1.24 bits per heavy atom. The summed E-state index contributed by atoms with van der Waals surface area (Å²) in [6, 6.07) is 4.05. The van der Waals surface area contributed by atoms with Crippen LogP contribution in [0.4, 0.5) is 18.9 Å². The van der Waals surface area contributed by atoms with E-state index in [0.717, 1.165) is 31.3 Å². The van der Waals surface area contributed by atoms with Crippen molar-refractivity contribution in [1.29, 1.82) is 0 Å². The Morgan fingerprint density at radius 3 is 2.29 bits per heavy atom. The normalized spacial score (nSPS) is 23.2. The molecule has 2 N–H and O–H groups in total. The third-order valence-corrected chi connectivity index (χ3v) is 4.03. The molecule has 0 aliphatic carbocycles. The first-order valence-corrected chi connectivity index (χ1v) is 7.35. The van der Waals surface area contributed by atoms with Gasteiger partial charge in [0.1, 0.15) is 4.99 Å². The number of thiocarbonyl (C=S) groups is 1. The molecule has 2 rings (SSSR count). The fraction of sp³-hybridized carbons (Fsp3) is 0.533. The summed E-state index contributed by atoms with van der Waals surface area (Å²) in [6.07, 6.45) is -3.31. The number of rotatable bonds is 2. The average molecular weight is 316 g/mol. The lowest BCUT2D eigenvalue weighted by molar-refractivity contribution is -0.137. The Bertz CT molecular complexity index is 532. The van der Waals surface area contributed by atoms with E-state index in [2.05, 4.69) is 18.7 Å². The van der Waals surface area contributed by atoms with Crippen LogP contribution in [-0.4, -0.2) is 18.1 Å². The standard InChI is InChI=1S/C15H19F3N2S/c1-9-5-10(2)8-20(7-9)11-3-4-13(15(16,17)18)12(6-11)14(19)21/h3-4,6,9-10H,5,7-8H2,1-2H3,(H2,19,21). The van der Waals surface area contributed by atoms with Crippen LogP contribution in [0.3, 0.4) is 0 Å². The van der Waals surface area contributed by atoms with Gasteiger partial charge in [-0.1, -0.05) is 26.1 Å². The maximum Gasteiger partial charge on any atom is 0.417 e. The van der Waals surface area contributed by atoms with E-state index < -0.39 is 11.7 Å². The molecule has 1 heterocycles. The fourth-order valence-corrected chi connectivity index (χ4v) is 3.22. The second-order valence-electron chi connectivity index (χ2n) is 5.94. The highest BCUT2D eigenvalue weighted by molar-refractivity contribution is 7.80. The minimum Gasteiger partial charge on any atom is -0.389 e. The van der Waals surface area contributed by atoms with Gasteiger partial charge in [0.05, 0.1) is 5.56 Å². The van der Waals surface area contributed by atoms with Crippen LogP contribution in [0.2, 0.25) is 0 Å². The monoisotopic (exact) mass is 316 g/mol. The Labute approximate surface area is 128 Å². The van der Waals surface area contributed by atoms with Crippen LogP contribution in [0.25, 0.3) is 0 Å². The number of hydrogen-bond donors (Lipinski definition) is 1. The molecule has 0 aromatic heterocycles. The van der Waals surface area contributed by atoms with E-state index in [1.165, 1.54) is 12.1 Å². The fourth-order valence-electron chi connectivity index (χ4n) is 3.05. The summed E-state index contributed by atoms with van der Waals surface area (Å²) in [5.74, 6) is 1.04. The third-order valence-electron chi connectivity index (χ3n) is 3.81. The molecule has 2 nitrogen and oxygen atoms in total. The van der Waals surface area contributed by atoms with Crippen LogP contribution in [0.1, 0.15) is 31.4 Å². The minimum atomic E-state index is -4.44. The van der Waals surface area contributed by atoms with Gasteiger partial charge in [-0.3, -0.25) is 0 Å². The topological polar surface area (TPSA) is 29.3 Å². The Hall–Kier alpha value is -1.30. The van der Waals surface area contributed by atoms with Gasteiger partial charge in [-0.05, 0) is 36.5 Å². The molecule has 1 saturated heterocycles. The molecule has 1 aromatic carbocycles. The molecule has 6 heteroatoms. The van der Waals surface area contributed by atoms with Gasteiger partial charge >= 0.3 is 6.18 Å². The highest BCUT2D eigenvalue weighted by Crippen LogP contribution is 2.35. The number of alkyl halides is 3. The van der Waals surface area contributed by atoms with Crippen LogP contribution in [0.15, 0.2) is 18.2 Å². The molecule has 2 atom stereocenters. The zero-order valence-corrected chi connectivity index (χ0v) is 12.9. The first-order valence-electron chi connectivity index (χ1n) is 6.94. The predicted octanol–water partition coefficient (Wildman–Crippen LogP) is 3.82. The highest BCUT2D eigenvalue weighted by atomic mass is 32.1. The van der Waals surface area contributed by atoms with Crippen LogP contribution < -0.4 is 10.6 Å². The molecule has 0 amide bonds. The maximum absolute atomic E-state index is 13.0. The molecular weight excluding hydrogens is 297 g/mol. The van der Waals surface area contributed by atoms with E-state index in [9.17, 15) is 13.2 Å². The van der Waals surface area contributed by atoms with Crippen molar-refractivity contribution in [2.75, 3.05) is 18.0 Å². The van der Waals surface area contributed by atoms with Crippen molar-refractivity contribution >= 4 is 22.9 Å². The van der Waals surface area contributed by atoms with E-state index >= 15 is 0 Å². The summed E-state index contributed by atoms with van der Waals surface area (Å²) in [5, 5.41) is 0. The average Bonchev–Trinajstić information content (AvgIpc) is 2.35. The van der Waals surface area contributed by atoms with Crippen molar-refractivity contribution in [3.63, 3.8) is 0 Å². The van der Waals surface area contributed by atoms with Gasteiger partial charge in [-0.15, -0.1) is 0 Å². The molecule has 0 spiro atoms. The summed E-state index contributed by atoms with van der Waals surface area (Å²) in [7, 11) is 0.